The van der Waals surface area contributed by atoms with Crippen molar-refractivity contribution in [3.05, 3.63) is 73.2 Å². The number of ether oxygens (including phenoxy) is 2. The van der Waals surface area contributed by atoms with E-state index in [2.05, 4.69) is 42.7 Å². The van der Waals surface area contributed by atoms with Crippen molar-refractivity contribution >= 4 is 46.3 Å². The maximum Gasteiger partial charge on any atom is 0.343 e. The van der Waals surface area contributed by atoms with Gasteiger partial charge in [-0.2, -0.15) is 5.10 Å². The van der Waals surface area contributed by atoms with Gasteiger partial charge in [-0.05, 0) is 45.3 Å². The Labute approximate surface area is 256 Å². The molecule has 2 aromatic heterocycles. The number of hydrogen-bond donors (Lipinski definition) is 4. The highest BCUT2D eigenvalue weighted by Crippen LogP contribution is 2.38. The van der Waals surface area contributed by atoms with Crippen LogP contribution in [0.5, 0.6) is 5.75 Å². The fourth-order valence-corrected chi connectivity index (χ4v) is 4.38. The molecule has 13 heteroatoms. The molecule has 2 heterocycles. The molecule has 2 aromatic carbocycles. The van der Waals surface area contributed by atoms with E-state index in [4.69, 9.17) is 14.6 Å². The summed E-state index contributed by atoms with van der Waals surface area (Å²) in [6.07, 6.45) is 4.89. The van der Waals surface area contributed by atoms with Gasteiger partial charge in [-0.15, -0.1) is 0 Å². The number of carbonyl (C=O) groups is 2. The summed E-state index contributed by atoms with van der Waals surface area (Å²) in [5.41, 5.74) is 4.23. The molecule has 0 saturated heterocycles. The second-order valence-corrected chi connectivity index (χ2v) is 9.99. The third-order valence-electron chi connectivity index (χ3n) is 6.60. The van der Waals surface area contributed by atoms with Gasteiger partial charge in [0.25, 0.3) is 0 Å². The lowest BCUT2D eigenvalue weighted by molar-refractivity contribution is -0.111. The summed E-state index contributed by atoms with van der Waals surface area (Å²) in [7, 11) is 8.76. The van der Waals surface area contributed by atoms with Crippen molar-refractivity contribution in [1.29, 1.82) is 0 Å². The molecule has 0 spiro atoms. The molecule has 0 atom stereocenters. The molecule has 4 aromatic rings. The number of anilines is 6. The Hall–Kier alpha value is -5.43. The van der Waals surface area contributed by atoms with Crippen molar-refractivity contribution in [3.63, 3.8) is 0 Å². The van der Waals surface area contributed by atoms with Crippen molar-refractivity contribution in [2.75, 3.05) is 62.7 Å². The van der Waals surface area contributed by atoms with Crippen molar-refractivity contribution in [3.8, 4) is 17.0 Å². The zero-order valence-electron chi connectivity index (χ0n) is 25.5. The van der Waals surface area contributed by atoms with E-state index in [-0.39, 0.29) is 11.5 Å². The van der Waals surface area contributed by atoms with E-state index in [1.165, 1.54) is 25.7 Å². The molecular weight excluding hydrogens is 562 g/mol. The van der Waals surface area contributed by atoms with Crippen LogP contribution in [0, 0.1) is 0 Å². The quantitative estimate of drug-likeness (QED) is 0.0912. The molecule has 1 amide bonds. The summed E-state index contributed by atoms with van der Waals surface area (Å²) in [6.45, 7) is 5.20. The van der Waals surface area contributed by atoms with Gasteiger partial charge in [0, 0.05) is 43.2 Å². The Kier molecular flexibility index (Phi) is 10.5. The summed E-state index contributed by atoms with van der Waals surface area (Å²) >= 11 is 0. The zero-order chi connectivity index (χ0) is 31.6. The van der Waals surface area contributed by atoms with E-state index < -0.39 is 5.97 Å². The van der Waals surface area contributed by atoms with Crippen LogP contribution in [0.1, 0.15) is 16.8 Å². The predicted molar refractivity (Wildman–Crippen MR) is 172 cm³/mol. The number of methoxy groups -OCH3 is 2. The number of aryl methyl sites for hydroxylation is 1. The first-order valence-corrected chi connectivity index (χ1v) is 13.8. The first-order valence-electron chi connectivity index (χ1n) is 13.8. The highest BCUT2D eigenvalue weighted by Gasteiger charge is 2.18. The minimum Gasteiger partial charge on any atom is -0.494 e. The van der Waals surface area contributed by atoms with Gasteiger partial charge >= 0.3 is 5.97 Å². The lowest BCUT2D eigenvalue weighted by atomic mass is 10.1. The highest BCUT2D eigenvalue weighted by molar-refractivity contribution is 6.02. The molecule has 0 aliphatic heterocycles. The van der Waals surface area contributed by atoms with Gasteiger partial charge < -0.3 is 35.6 Å². The van der Waals surface area contributed by atoms with E-state index in [0.29, 0.717) is 46.7 Å². The van der Waals surface area contributed by atoms with Gasteiger partial charge in [-0.3, -0.25) is 9.48 Å². The summed E-state index contributed by atoms with van der Waals surface area (Å²) in [6, 6.07) is 13.1. The fourth-order valence-electron chi connectivity index (χ4n) is 4.38. The molecule has 0 fully saturated rings. The minimum atomic E-state index is -0.553. The van der Waals surface area contributed by atoms with Crippen LogP contribution >= 0.6 is 0 Å². The number of esters is 1. The van der Waals surface area contributed by atoms with Crippen LogP contribution in [-0.4, -0.2) is 77.9 Å². The van der Waals surface area contributed by atoms with Crippen LogP contribution in [-0.2, 0) is 16.6 Å². The zero-order valence-corrected chi connectivity index (χ0v) is 25.5. The summed E-state index contributed by atoms with van der Waals surface area (Å²) in [5.74, 6) is 0.659. The number of rotatable bonds is 14. The van der Waals surface area contributed by atoms with Crippen LogP contribution in [0.4, 0.5) is 34.4 Å². The molecule has 0 aliphatic rings. The topological polar surface area (TPSA) is 148 Å². The summed E-state index contributed by atoms with van der Waals surface area (Å²) in [5, 5.41) is 17.6. The Morgan fingerprint density at radius 3 is 2.57 bits per heavy atom. The molecule has 0 saturated carbocycles. The molecule has 4 rings (SSSR count). The van der Waals surface area contributed by atoms with E-state index in [9.17, 15) is 9.59 Å². The third-order valence-corrected chi connectivity index (χ3v) is 6.60. The molecule has 0 aliphatic carbocycles. The maximum atomic E-state index is 12.3. The standard InChI is InChI=1S/C31H37N9O4/c1-7-29(41)36-25-15-26(27(43-5)16-24(25)33-13-10-14-39(2)3)35-28-17-23(38-40(28)4)20-11-8-9-12-22(20)37-30-21(31(42)44-6)18-32-19-34-30/h7-9,11-12,15-19,33,35H,1,10,13-14H2,2-6H3,(H,36,41)(H,32,34,37). The smallest absolute Gasteiger partial charge is 0.343 e. The third kappa shape index (κ3) is 7.69. The largest absolute Gasteiger partial charge is 0.494 e. The first-order chi connectivity index (χ1) is 21.2. The summed E-state index contributed by atoms with van der Waals surface area (Å²) in [4.78, 5) is 34.8. The van der Waals surface area contributed by atoms with E-state index in [1.807, 2.05) is 57.5 Å². The number of carbonyl (C=O) groups excluding carboxylic acids is 2. The van der Waals surface area contributed by atoms with Crippen LogP contribution in [0.25, 0.3) is 11.3 Å². The lowest BCUT2D eigenvalue weighted by Crippen LogP contribution is -2.17. The molecule has 4 N–H and O–H groups in total. The van der Waals surface area contributed by atoms with Crippen molar-refractivity contribution in [2.45, 2.75) is 6.42 Å². The number of aromatic nitrogens is 4. The predicted octanol–water partition coefficient (Wildman–Crippen LogP) is 4.65. The Balaban J connectivity index is 1.64. The number of benzene rings is 2. The first kappa shape index (κ1) is 31.5. The average Bonchev–Trinajstić information content (AvgIpc) is 3.39. The molecular formula is C31H37N9O4. The number of hydrogen-bond acceptors (Lipinski definition) is 11. The van der Waals surface area contributed by atoms with E-state index in [1.54, 1.807) is 17.9 Å². The van der Waals surface area contributed by atoms with E-state index in [0.717, 1.165) is 24.2 Å². The van der Waals surface area contributed by atoms with Crippen molar-refractivity contribution < 1.29 is 19.1 Å². The summed E-state index contributed by atoms with van der Waals surface area (Å²) < 4.78 is 12.3. The Morgan fingerprint density at radius 2 is 1.84 bits per heavy atom. The Bertz CT molecular complexity index is 1630. The average molecular weight is 600 g/mol. The number of nitrogens with one attached hydrogen (secondary N) is 4. The minimum absolute atomic E-state index is 0.204. The van der Waals surface area contributed by atoms with Gasteiger partial charge in [0.1, 0.15) is 29.3 Å². The number of para-hydroxylation sites is 1. The molecule has 44 heavy (non-hydrogen) atoms. The van der Waals surface area contributed by atoms with Gasteiger partial charge in [-0.1, -0.05) is 24.8 Å². The normalized spacial score (nSPS) is 10.7. The number of nitrogens with zero attached hydrogens (tertiary/aromatic N) is 5. The van der Waals surface area contributed by atoms with Crippen LogP contribution in [0.3, 0.4) is 0 Å². The number of amides is 1. The van der Waals surface area contributed by atoms with Gasteiger partial charge in [0.05, 0.1) is 37.0 Å². The van der Waals surface area contributed by atoms with Crippen LogP contribution in [0.2, 0.25) is 0 Å². The fraction of sp³-hybridized carbons (Fsp3) is 0.258. The van der Waals surface area contributed by atoms with Gasteiger partial charge in [0.15, 0.2) is 0 Å². The molecule has 0 unspecified atom stereocenters. The van der Waals surface area contributed by atoms with Gasteiger partial charge in [0.2, 0.25) is 5.91 Å². The Morgan fingerprint density at radius 1 is 1.05 bits per heavy atom. The monoisotopic (exact) mass is 599 g/mol. The van der Waals surface area contributed by atoms with Crippen LogP contribution < -0.4 is 26.0 Å². The molecule has 13 nitrogen and oxygen atoms in total. The maximum absolute atomic E-state index is 12.3. The molecule has 0 radical (unpaired) electrons. The van der Waals surface area contributed by atoms with Crippen LogP contribution in [0.15, 0.2) is 67.6 Å². The second-order valence-electron chi connectivity index (χ2n) is 9.99. The highest BCUT2D eigenvalue weighted by atomic mass is 16.5. The van der Waals surface area contributed by atoms with E-state index >= 15 is 0 Å². The molecule has 0 bridgehead atoms. The van der Waals surface area contributed by atoms with Crippen molar-refractivity contribution in [2.24, 2.45) is 7.05 Å². The lowest BCUT2D eigenvalue weighted by Gasteiger charge is -2.18. The molecule has 230 valence electrons. The second kappa shape index (κ2) is 14.6. The van der Waals surface area contributed by atoms with Gasteiger partial charge in [-0.25, -0.2) is 14.8 Å². The van der Waals surface area contributed by atoms with Crippen molar-refractivity contribution in [1.82, 2.24) is 24.6 Å². The SMILES string of the molecule is C=CC(=O)Nc1cc(Nc2cc(-c3ccccc3Nc3ncncc3C(=O)OC)nn2C)c(OC)cc1NCCCN(C)C.